The summed E-state index contributed by atoms with van der Waals surface area (Å²) >= 11 is 5.66. The number of benzene rings is 5. The van der Waals surface area contributed by atoms with Crippen molar-refractivity contribution in [2.24, 2.45) is 0 Å². The summed E-state index contributed by atoms with van der Waals surface area (Å²) in [5, 5.41) is 2.67. The molecule has 0 amide bonds. The van der Waals surface area contributed by atoms with Gasteiger partial charge in [0, 0.05) is 57.0 Å². The molecule has 5 aromatic carbocycles. The van der Waals surface area contributed by atoms with Gasteiger partial charge in [-0.1, -0.05) is 121 Å². The summed E-state index contributed by atoms with van der Waals surface area (Å²) in [5.74, 6) is 0.467. The van der Waals surface area contributed by atoms with Gasteiger partial charge in [0.1, 0.15) is 0 Å². The maximum Gasteiger partial charge on any atom is 0.0566 e. The molecule has 0 saturated heterocycles. The maximum absolute atomic E-state index is 2.54. The van der Waals surface area contributed by atoms with Crippen LogP contribution in [-0.2, 0) is 0 Å². The Bertz CT molecular complexity index is 2730. The molecule has 1 nitrogen and oxygen atoms in total. The van der Waals surface area contributed by atoms with Gasteiger partial charge in [-0.25, -0.2) is 0 Å². The first-order chi connectivity index (χ1) is 26.7. The van der Waals surface area contributed by atoms with E-state index in [0.29, 0.717) is 5.92 Å². The summed E-state index contributed by atoms with van der Waals surface area (Å²) in [6.07, 6.45) is 18.1. The van der Waals surface area contributed by atoms with Crippen LogP contribution in [0.2, 0.25) is 0 Å². The normalized spacial score (nSPS) is 16.6. The molecule has 260 valence electrons. The number of hydrogen-bond donors (Lipinski definition) is 0. The van der Waals surface area contributed by atoms with E-state index in [-0.39, 0.29) is 6.04 Å². The third-order valence-electron chi connectivity index (χ3n) is 10.6. The molecular formula is C50H37NS3. The molecule has 3 aromatic heterocycles. The van der Waals surface area contributed by atoms with Crippen LogP contribution in [-0.4, -0.2) is 6.04 Å². The van der Waals surface area contributed by atoms with Gasteiger partial charge in [-0.3, -0.25) is 0 Å². The predicted molar refractivity (Wildman–Crippen MR) is 238 cm³/mol. The first-order valence-corrected chi connectivity index (χ1v) is 21.1. The molecule has 0 spiro atoms. The van der Waals surface area contributed by atoms with Gasteiger partial charge >= 0.3 is 0 Å². The monoisotopic (exact) mass is 747 g/mol. The standard InChI is InChI=1S/C50H37NS3/c1-3-11-35(12-4-1)45-27-29-47(52-45)38-15-9-17-41(31-38)51(42-18-10-16-39(32-42)48-30-28-46(53-48)36-13-5-2-6-14-36)40-24-21-34(22-25-40)37-23-26-50-44(33-37)43-19-7-8-20-49(43)54-50/h1-13,15-17,19-33,36,42H,14,18H2. The molecule has 0 saturated carbocycles. The molecule has 10 rings (SSSR count). The zero-order valence-corrected chi connectivity index (χ0v) is 32.1. The van der Waals surface area contributed by atoms with E-state index < -0.39 is 0 Å². The van der Waals surface area contributed by atoms with Gasteiger partial charge in [-0.15, -0.1) is 34.0 Å². The molecule has 2 atom stereocenters. The van der Waals surface area contributed by atoms with Crippen molar-refractivity contribution in [1.29, 1.82) is 0 Å². The summed E-state index contributed by atoms with van der Waals surface area (Å²) in [4.78, 5) is 7.88. The van der Waals surface area contributed by atoms with Gasteiger partial charge in [0.05, 0.1) is 6.04 Å². The lowest BCUT2D eigenvalue weighted by molar-refractivity contribution is 0.788. The lowest BCUT2D eigenvalue weighted by Gasteiger charge is -2.34. The molecule has 2 aliphatic carbocycles. The highest BCUT2D eigenvalue weighted by Gasteiger charge is 2.23. The van der Waals surface area contributed by atoms with Crippen LogP contribution in [0.1, 0.15) is 28.5 Å². The smallest absolute Gasteiger partial charge is 0.0566 e. The second kappa shape index (κ2) is 14.4. The summed E-state index contributed by atoms with van der Waals surface area (Å²) in [5.41, 5.74) is 8.67. The van der Waals surface area contributed by atoms with E-state index in [1.807, 2.05) is 34.0 Å². The Morgan fingerprint density at radius 1 is 0.481 bits per heavy atom. The minimum Gasteiger partial charge on any atom is -0.334 e. The van der Waals surface area contributed by atoms with Crippen LogP contribution in [0.3, 0.4) is 0 Å². The number of fused-ring (bicyclic) bond motifs is 3. The van der Waals surface area contributed by atoms with E-state index in [4.69, 9.17) is 0 Å². The Balaban J connectivity index is 1.02. The molecule has 0 bridgehead atoms. The van der Waals surface area contributed by atoms with Crippen molar-refractivity contribution in [3.63, 3.8) is 0 Å². The van der Waals surface area contributed by atoms with E-state index >= 15 is 0 Å². The van der Waals surface area contributed by atoms with Crippen LogP contribution in [0.25, 0.3) is 57.8 Å². The van der Waals surface area contributed by atoms with Crippen molar-refractivity contribution in [1.82, 2.24) is 0 Å². The average molecular weight is 748 g/mol. The fourth-order valence-electron chi connectivity index (χ4n) is 7.82. The fraction of sp³-hybridized carbons (Fsp3) is 0.0800. The van der Waals surface area contributed by atoms with Crippen LogP contribution in [0.5, 0.6) is 0 Å². The number of anilines is 2. The second-order valence-electron chi connectivity index (χ2n) is 14.0. The molecule has 0 radical (unpaired) electrons. The van der Waals surface area contributed by atoms with Crippen LogP contribution in [0, 0.1) is 0 Å². The van der Waals surface area contributed by atoms with Gasteiger partial charge in [-0.05, 0) is 107 Å². The third kappa shape index (κ3) is 6.41. The predicted octanol–water partition coefficient (Wildman–Crippen LogP) is 15.3. The molecule has 0 N–H and O–H groups in total. The summed E-state index contributed by atoms with van der Waals surface area (Å²) in [7, 11) is 0. The van der Waals surface area contributed by atoms with E-state index in [1.54, 1.807) is 0 Å². The van der Waals surface area contributed by atoms with Crippen molar-refractivity contribution in [2.45, 2.75) is 24.8 Å². The SMILES string of the molecule is C1=CCC(c2ccc(C3=CC(N(c4ccc(-c5ccc6sc7ccccc7c6c5)cc4)c4cccc(-c5ccc(-c6ccccc6)s5)c4)CC=C3)s2)C=C1. The van der Waals surface area contributed by atoms with E-state index in [9.17, 15) is 0 Å². The highest BCUT2D eigenvalue weighted by molar-refractivity contribution is 7.25. The summed E-state index contributed by atoms with van der Waals surface area (Å²) < 4.78 is 2.68. The number of nitrogens with zero attached hydrogens (tertiary/aromatic N) is 1. The minimum atomic E-state index is 0.158. The minimum absolute atomic E-state index is 0.158. The number of allylic oxidation sites excluding steroid dienone is 6. The highest BCUT2D eigenvalue weighted by Crippen LogP contribution is 2.42. The molecule has 54 heavy (non-hydrogen) atoms. The molecule has 3 heterocycles. The zero-order valence-electron chi connectivity index (χ0n) is 29.6. The van der Waals surface area contributed by atoms with Crippen LogP contribution in [0.15, 0.2) is 188 Å². The van der Waals surface area contributed by atoms with Crippen LogP contribution in [0.4, 0.5) is 11.4 Å². The van der Waals surface area contributed by atoms with Gasteiger partial charge < -0.3 is 4.90 Å². The number of rotatable bonds is 8. The Hall–Kier alpha value is -5.52. The largest absolute Gasteiger partial charge is 0.334 e. The Kier molecular flexibility index (Phi) is 8.80. The lowest BCUT2D eigenvalue weighted by Crippen LogP contribution is -2.30. The maximum atomic E-state index is 2.54. The van der Waals surface area contributed by atoms with Gasteiger partial charge in [0.15, 0.2) is 0 Å². The van der Waals surface area contributed by atoms with E-state index in [1.165, 1.54) is 78.9 Å². The molecular weight excluding hydrogens is 711 g/mol. The Morgan fingerprint density at radius 2 is 1.26 bits per heavy atom. The van der Waals surface area contributed by atoms with Gasteiger partial charge in [0.25, 0.3) is 0 Å². The molecule has 0 fully saturated rings. The molecule has 4 heteroatoms. The topological polar surface area (TPSA) is 3.24 Å². The zero-order chi connectivity index (χ0) is 35.8. The van der Waals surface area contributed by atoms with Crippen LogP contribution >= 0.6 is 34.0 Å². The second-order valence-corrected chi connectivity index (χ2v) is 17.3. The van der Waals surface area contributed by atoms with Crippen molar-refractivity contribution in [3.8, 4) is 32.0 Å². The first-order valence-electron chi connectivity index (χ1n) is 18.6. The van der Waals surface area contributed by atoms with E-state index in [2.05, 4.69) is 193 Å². The molecule has 0 aliphatic heterocycles. The highest BCUT2D eigenvalue weighted by atomic mass is 32.1. The quantitative estimate of drug-likeness (QED) is 0.150. The average Bonchev–Trinajstić information content (AvgIpc) is 4.02. The number of hydrogen-bond acceptors (Lipinski definition) is 4. The lowest BCUT2D eigenvalue weighted by atomic mass is 9.97. The van der Waals surface area contributed by atoms with Crippen molar-refractivity contribution < 1.29 is 0 Å². The van der Waals surface area contributed by atoms with Gasteiger partial charge in [-0.2, -0.15) is 0 Å². The molecule has 2 aliphatic rings. The van der Waals surface area contributed by atoms with E-state index in [0.717, 1.165) is 12.8 Å². The summed E-state index contributed by atoms with van der Waals surface area (Å²) in [6, 6.07) is 54.0. The molecule has 2 unspecified atom stereocenters. The summed E-state index contributed by atoms with van der Waals surface area (Å²) in [6.45, 7) is 0. The Morgan fingerprint density at radius 3 is 2.13 bits per heavy atom. The van der Waals surface area contributed by atoms with Crippen molar-refractivity contribution >= 4 is 71.1 Å². The number of thiophene rings is 3. The third-order valence-corrected chi connectivity index (χ3v) is 14.2. The Labute approximate surface area is 328 Å². The molecule has 8 aromatic rings. The van der Waals surface area contributed by atoms with Crippen molar-refractivity contribution in [2.75, 3.05) is 4.90 Å². The fourth-order valence-corrected chi connectivity index (χ4v) is 11.0. The van der Waals surface area contributed by atoms with Gasteiger partial charge in [0.2, 0.25) is 0 Å². The first kappa shape index (κ1) is 33.1. The van der Waals surface area contributed by atoms with Crippen molar-refractivity contribution in [3.05, 3.63) is 198 Å². The van der Waals surface area contributed by atoms with Crippen LogP contribution < -0.4 is 4.90 Å².